The number of aromatic hydroxyl groups is 1. The number of nitrogens with zero attached hydrogens (tertiary/aromatic N) is 3. The predicted molar refractivity (Wildman–Crippen MR) is 115 cm³/mol. The summed E-state index contributed by atoms with van der Waals surface area (Å²) in [5.74, 6) is -0.127. The summed E-state index contributed by atoms with van der Waals surface area (Å²) in [6, 6.07) is 6.54. The second kappa shape index (κ2) is 7.36. The van der Waals surface area contributed by atoms with Gasteiger partial charge in [0, 0.05) is 28.9 Å². The number of H-pyrrole nitrogens is 1. The molecule has 0 radical (unpaired) electrons. The molecule has 1 aromatic carbocycles. The lowest BCUT2D eigenvalue weighted by Crippen LogP contribution is -2.60. The monoisotopic (exact) mass is 410 g/mol. The fourth-order valence-electron chi connectivity index (χ4n) is 4.60. The van der Waals surface area contributed by atoms with Gasteiger partial charge in [-0.05, 0) is 70.4 Å². The molecule has 4 rings (SSSR count). The van der Waals surface area contributed by atoms with E-state index >= 15 is 0 Å². The van der Waals surface area contributed by atoms with Gasteiger partial charge in [0.2, 0.25) is 0 Å². The summed E-state index contributed by atoms with van der Waals surface area (Å²) in [5.41, 5.74) is 1.56. The number of hydrogen-bond donors (Lipinski definition) is 4. The average molecular weight is 410 g/mol. The molecule has 7 nitrogen and oxygen atoms in total. The van der Waals surface area contributed by atoms with E-state index in [9.17, 15) is 9.50 Å². The Morgan fingerprint density at radius 3 is 2.37 bits per heavy atom. The molecule has 0 unspecified atom stereocenters. The van der Waals surface area contributed by atoms with Gasteiger partial charge in [0.1, 0.15) is 17.4 Å². The molecule has 0 spiro atoms. The van der Waals surface area contributed by atoms with E-state index in [2.05, 4.69) is 58.7 Å². The van der Waals surface area contributed by atoms with Gasteiger partial charge >= 0.3 is 0 Å². The molecular formula is C22H27FN6O. The summed E-state index contributed by atoms with van der Waals surface area (Å²) in [6.07, 6.45) is 5.10. The van der Waals surface area contributed by atoms with E-state index in [0.29, 0.717) is 16.9 Å². The minimum Gasteiger partial charge on any atom is -0.507 e. The molecule has 8 heteroatoms. The van der Waals surface area contributed by atoms with E-state index in [0.717, 1.165) is 12.8 Å². The van der Waals surface area contributed by atoms with Crippen LogP contribution in [0.4, 0.5) is 10.2 Å². The van der Waals surface area contributed by atoms with E-state index in [1.807, 2.05) is 0 Å². The summed E-state index contributed by atoms with van der Waals surface area (Å²) >= 11 is 0. The summed E-state index contributed by atoms with van der Waals surface area (Å²) in [5, 5.41) is 32.4. The number of nitrogens with one attached hydrogen (secondary N) is 3. The van der Waals surface area contributed by atoms with Crippen LogP contribution >= 0.6 is 0 Å². The molecule has 1 aliphatic heterocycles. The van der Waals surface area contributed by atoms with Crippen molar-refractivity contribution in [2.45, 2.75) is 57.7 Å². The highest BCUT2D eigenvalue weighted by molar-refractivity contribution is 5.74. The zero-order chi connectivity index (χ0) is 21.5. The summed E-state index contributed by atoms with van der Waals surface area (Å²) < 4.78 is 14.8. The lowest BCUT2D eigenvalue weighted by molar-refractivity contribution is 0.170. The number of aromatic nitrogens is 4. The summed E-state index contributed by atoms with van der Waals surface area (Å²) in [4.78, 5) is 0. The van der Waals surface area contributed by atoms with E-state index in [1.165, 1.54) is 12.1 Å². The Morgan fingerprint density at radius 2 is 1.80 bits per heavy atom. The van der Waals surface area contributed by atoms with Gasteiger partial charge in [-0.25, -0.2) is 4.39 Å². The number of halogens is 1. The maximum Gasteiger partial charge on any atom is 0.148 e. The molecule has 0 saturated carbocycles. The number of hydrogen-bond acceptors (Lipinski definition) is 6. The van der Waals surface area contributed by atoms with Gasteiger partial charge in [0.25, 0.3) is 0 Å². The van der Waals surface area contributed by atoms with Crippen LogP contribution in [-0.2, 0) is 0 Å². The van der Waals surface area contributed by atoms with Crippen LogP contribution in [0.2, 0.25) is 0 Å². The number of benzene rings is 1. The number of aromatic amines is 1. The molecule has 0 amide bonds. The first-order valence-electron chi connectivity index (χ1n) is 10.0. The fourth-order valence-corrected chi connectivity index (χ4v) is 4.60. The number of rotatable bonds is 4. The van der Waals surface area contributed by atoms with Gasteiger partial charge in [-0.3, -0.25) is 5.10 Å². The molecule has 158 valence electrons. The number of piperidine rings is 1. The highest BCUT2D eigenvalue weighted by Crippen LogP contribution is 2.35. The average Bonchev–Trinajstić information content (AvgIpc) is 3.14. The Morgan fingerprint density at radius 1 is 1.07 bits per heavy atom. The lowest BCUT2D eigenvalue weighted by Gasteiger charge is -2.46. The van der Waals surface area contributed by atoms with Crippen molar-refractivity contribution in [3.8, 4) is 28.1 Å². The first kappa shape index (κ1) is 20.3. The van der Waals surface area contributed by atoms with Crippen molar-refractivity contribution in [3.63, 3.8) is 0 Å². The van der Waals surface area contributed by atoms with Gasteiger partial charge in [-0.1, -0.05) is 0 Å². The molecular weight excluding hydrogens is 383 g/mol. The highest BCUT2D eigenvalue weighted by Gasteiger charge is 2.37. The fraction of sp³-hybridized carbons (Fsp3) is 0.409. The van der Waals surface area contributed by atoms with E-state index in [-0.39, 0.29) is 34.1 Å². The van der Waals surface area contributed by atoms with Crippen molar-refractivity contribution < 1.29 is 9.50 Å². The normalized spacial score (nSPS) is 18.3. The van der Waals surface area contributed by atoms with Crippen LogP contribution in [0.3, 0.4) is 0 Å². The van der Waals surface area contributed by atoms with Crippen LogP contribution in [0, 0.1) is 5.82 Å². The van der Waals surface area contributed by atoms with E-state index in [1.54, 1.807) is 24.5 Å². The number of anilines is 1. The van der Waals surface area contributed by atoms with Crippen LogP contribution in [0.15, 0.2) is 36.7 Å². The third-order valence-electron chi connectivity index (χ3n) is 5.36. The summed E-state index contributed by atoms with van der Waals surface area (Å²) in [7, 11) is 0. The maximum atomic E-state index is 14.8. The minimum atomic E-state index is -0.567. The minimum absolute atomic E-state index is 0.0123. The molecule has 1 fully saturated rings. The molecule has 1 saturated heterocycles. The van der Waals surface area contributed by atoms with Crippen molar-refractivity contribution in [3.05, 3.63) is 42.5 Å². The predicted octanol–water partition coefficient (Wildman–Crippen LogP) is 4.10. The standard InChI is InChI=1S/C22H27FN6O/c1-21(2)9-15(10-22(3,4)29-21)26-19-6-5-17(27-28-19)20-16(23)7-13(8-18(20)30)14-11-24-25-12-14/h5-8,11-12,15,29-30H,9-10H2,1-4H3,(H,24,25)(H,26,28). The van der Waals surface area contributed by atoms with Gasteiger partial charge in [0.05, 0.1) is 17.5 Å². The third-order valence-corrected chi connectivity index (χ3v) is 5.36. The molecule has 30 heavy (non-hydrogen) atoms. The van der Waals surface area contributed by atoms with Crippen LogP contribution < -0.4 is 10.6 Å². The highest BCUT2D eigenvalue weighted by atomic mass is 19.1. The second-order valence-corrected chi connectivity index (χ2v) is 9.29. The van der Waals surface area contributed by atoms with Crippen LogP contribution in [0.1, 0.15) is 40.5 Å². The van der Waals surface area contributed by atoms with E-state index < -0.39 is 5.82 Å². The zero-order valence-electron chi connectivity index (χ0n) is 17.6. The van der Waals surface area contributed by atoms with Crippen LogP contribution in [-0.4, -0.2) is 42.6 Å². The van der Waals surface area contributed by atoms with Crippen molar-refractivity contribution in [1.29, 1.82) is 0 Å². The van der Waals surface area contributed by atoms with Crippen molar-refractivity contribution in [1.82, 2.24) is 25.7 Å². The molecule has 1 aliphatic rings. The van der Waals surface area contributed by atoms with Crippen molar-refractivity contribution in [2.75, 3.05) is 5.32 Å². The Bertz CT molecular complexity index is 991. The second-order valence-electron chi connectivity index (χ2n) is 9.29. The van der Waals surface area contributed by atoms with Crippen molar-refractivity contribution >= 4 is 5.82 Å². The lowest BCUT2D eigenvalue weighted by atomic mass is 9.79. The first-order chi connectivity index (χ1) is 14.1. The topological polar surface area (TPSA) is 98.8 Å². The van der Waals surface area contributed by atoms with Gasteiger partial charge < -0.3 is 15.7 Å². The van der Waals surface area contributed by atoms with Gasteiger partial charge in [0.15, 0.2) is 0 Å². The molecule has 3 aromatic rings. The Balaban J connectivity index is 1.54. The SMILES string of the molecule is CC1(C)CC(Nc2ccc(-c3c(O)cc(-c4cn[nH]c4)cc3F)nn2)CC(C)(C)N1. The Hall–Kier alpha value is -3.00. The third kappa shape index (κ3) is 4.28. The smallest absolute Gasteiger partial charge is 0.148 e. The first-order valence-corrected chi connectivity index (χ1v) is 10.0. The number of phenols is 1. The quantitative estimate of drug-likeness (QED) is 0.517. The van der Waals surface area contributed by atoms with E-state index in [4.69, 9.17) is 0 Å². The molecule has 2 aromatic heterocycles. The van der Waals surface area contributed by atoms with Crippen LogP contribution in [0.5, 0.6) is 5.75 Å². The summed E-state index contributed by atoms with van der Waals surface area (Å²) in [6.45, 7) is 8.76. The Labute approximate surface area is 175 Å². The molecule has 0 atom stereocenters. The van der Waals surface area contributed by atoms with Gasteiger partial charge in [-0.2, -0.15) is 5.10 Å². The molecule has 4 N–H and O–H groups in total. The molecule has 3 heterocycles. The largest absolute Gasteiger partial charge is 0.507 e. The van der Waals surface area contributed by atoms with Crippen LogP contribution in [0.25, 0.3) is 22.4 Å². The van der Waals surface area contributed by atoms with Gasteiger partial charge in [-0.15, -0.1) is 10.2 Å². The number of phenolic OH excluding ortho intramolecular Hbond substituents is 1. The van der Waals surface area contributed by atoms with Crippen molar-refractivity contribution in [2.24, 2.45) is 0 Å². The molecule has 0 bridgehead atoms. The Kier molecular flexibility index (Phi) is 4.97. The zero-order valence-corrected chi connectivity index (χ0v) is 17.6. The molecule has 0 aliphatic carbocycles. The maximum absolute atomic E-state index is 14.8.